The molecule has 2 aliphatic heterocycles. The van der Waals surface area contributed by atoms with Gasteiger partial charge in [-0.3, -0.25) is 0 Å². The topological polar surface area (TPSA) is 116 Å². The molecule has 0 aliphatic carbocycles. The second-order valence-corrected chi connectivity index (χ2v) is 9.69. The Morgan fingerprint density at radius 3 is 2.64 bits per heavy atom. The zero-order chi connectivity index (χ0) is 18.8. The van der Waals surface area contributed by atoms with Crippen molar-refractivity contribution in [1.29, 1.82) is 0 Å². The van der Waals surface area contributed by atoms with Gasteiger partial charge < -0.3 is 20.5 Å². The van der Waals surface area contributed by atoms with Crippen LogP contribution in [0.5, 0.6) is 0 Å². The van der Waals surface area contributed by atoms with Crippen LogP contribution in [0.2, 0.25) is 6.32 Å². The molecule has 0 aromatic carbocycles. The van der Waals surface area contributed by atoms with Gasteiger partial charge in [-0.25, -0.2) is 0 Å². The minimum atomic E-state index is -3.62. The molecule has 1 unspecified atom stereocenters. The van der Waals surface area contributed by atoms with Gasteiger partial charge in [-0.1, -0.05) is 6.42 Å². The lowest BCUT2D eigenvalue weighted by Gasteiger charge is -2.34. The molecule has 0 amide bonds. The summed E-state index contributed by atoms with van der Waals surface area (Å²) in [5, 5.41) is 18.0. The Labute approximate surface area is 151 Å². The molecule has 2 aliphatic rings. The highest BCUT2D eigenvalue weighted by Gasteiger charge is 2.47. The molecule has 25 heavy (non-hydrogen) atoms. The summed E-state index contributed by atoms with van der Waals surface area (Å²) in [5.41, 5.74) is 5.76. The molecular weight excluding hydrogens is 345 g/mol. The molecule has 0 aromatic heterocycles. The van der Waals surface area contributed by atoms with Gasteiger partial charge in [0, 0.05) is 31.3 Å². The summed E-state index contributed by atoms with van der Waals surface area (Å²) in [6, 6.07) is -0.276. The summed E-state index contributed by atoms with van der Waals surface area (Å²) in [7, 11) is -4.95. The van der Waals surface area contributed by atoms with Gasteiger partial charge in [-0.05, 0) is 45.9 Å². The third-order valence-corrected chi connectivity index (χ3v) is 7.44. The van der Waals surface area contributed by atoms with Crippen molar-refractivity contribution in [2.24, 2.45) is 11.7 Å². The zero-order valence-corrected chi connectivity index (χ0v) is 16.3. The second-order valence-electron chi connectivity index (χ2n) is 7.86. The highest BCUT2D eigenvalue weighted by molar-refractivity contribution is 7.86. The molecule has 10 heteroatoms. The van der Waals surface area contributed by atoms with E-state index in [1.807, 2.05) is 20.8 Å². The number of ether oxygens (including phenoxy) is 1. The summed E-state index contributed by atoms with van der Waals surface area (Å²) in [6.45, 7) is 7.31. The predicted molar refractivity (Wildman–Crippen MR) is 97.0 cm³/mol. The average molecular weight is 377 g/mol. The van der Waals surface area contributed by atoms with Crippen molar-refractivity contribution in [3.05, 3.63) is 0 Å². The fourth-order valence-corrected chi connectivity index (χ4v) is 6.06. The van der Waals surface area contributed by atoms with E-state index in [0.29, 0.717) is 39.0 Å². The van der Waals surface area contributed by atoms with E-state index in [4.69, 9.17) is 20.5 Å². The van der Waals surface area contributed by atoms with E-state index in [0.717, 1.165) is 0 Å². The molecule has 146 valence electrons. The van der Waals surface area contributed by atoms with Crippen LogP contribution in [0.1, 0.15) is 40.0 Å². The summed E-state index contributed by atoms with van der Waals surface area (Å²) >= 11 is 0. The van der Waals surface area contributed by atoms with Crippen LogP contribution >= 0.6 is 0 Å². The Hall–Kier alpha value is -0.225. The molecule has 2 rings (SSSR count). The smallest absolute Gasteiger partial charge is 0.427 e. The highest BCUT2D eigenvalue weighted by Crippen LogP contribution is 2.33. The first kappa shape index (κ1) is 21.1. The van der Waals surface area contributed by atoms with Gasteiger partial charge in [-0.2, -0.15) is 17.0 Å². The molecule has 2 saturated heterocycles. The van der Waals surface area contributed by atoms with Crippen LogP contribution in [-0.4, -0.2) is 78.1 Å². The molecule has 0 spiro atoms. The highest BCUT2D eigenvalue weighted by atomic mass is 32.2. The molecule has 4 N–H and O–H groups in total. The lowest BCUT2D eigenvalue weighted by Crippen LogP contribution is -2.52. The van der Waals surface area contributed by atoms with Gasteiger partial charge >= 0.3 is 7.12 Å². The number of nitrogens with two attached hydrogens (primary N) is 1. The Kier molecular flexibility index (Phi) is 6.92. The van der Waals surface area contributed by atoms with Crippen LogP contribution in [-0.2, 0) is 14.9 Å². The van der Waals surface area contributed by atoms with Crippen LogP contribution in [0.25, 0.3) is 0 Å². The Morgan fingerprint density at radius 1 is 1.44 bits per heavy atom. The van der Waals surface area contributed by atoms with Crippen LogP contribution in [0.4, 0.5) is 0 Å². The first-order valence-electron chi connectivity index (χ1n) is 9.07. The van der Waals surface area contributed by atoms with E-state index in [-0.39, 0.29) is 30.9 Å². The van der Waals surface area contributed by atoms with Crippen molar-refractivity contribution in [2.75, 3.05) is 26.3 Å². The van der Waals surface area contributed by atoms with Crippen molar-refractivity contribution in [3.8, 4) is 0 Å². The summed E-state index contributed by atoms with van der Waals surface area (Å²) in [6.07, 6.45) is 2.26. The van der Waals surface area contributed by atoms with Gasteiger partial charge in [0.15, 0.2) is 0 Å². The molecule has 3 atom stereocenters. The van der Waals surface area contributed by atoms with Crippen molar-refractivity contribution >= 4 is 17.3 Å². The Morgan fingerprint density at radius 2 is 2.12 bits per heavy atom. The minimum absolute atomic E-state index is 0.00475. The Balaban J connectivity index is 2.10. The number of hydrogen-bond donors (Lipinski definition) is 3. The van der Waals surface area contributed by atoms with Crippen molar-refractivity contribution < 1.29 is 23.2 Å². The first-order chi connectivity index (χ1) is 11.6. The average Bonchev–Trinajstić information content (AvgIpc) is 3.06. The van der Waals surface area contributed by atoms with Crippen molar-refractivity contribution in [1.82, 2.24) is 8.61 Å². The maximum Gasteiger partial charge on any atom is 0.451 e. The van der Waals surface area contributed by atoms with E-state index in [2.05, 4.69) is 0 Å². The lowest BCUT2D eigenvalue weighted by molar-refractivity contribution is 0.165. The van der Waals surface area contributed by atoms with Gasteiger partial charge in [0.2, 0.25) is 0 Å². The second kappa shape index (κ2) is 8.20. The molecule has 2 heterocycles. The first-order valence-corrected chi connectivity index (χ1v) is 10.5. The number of nitrogens with zero attached hydrogens (tertiary/aromatic N) is 2. The third kappa shape index (κ3) is 4.94. The van der Waals surface area contributed by atoms with Crippen LogP contribution < -0.4 is 5.73 Å². The SMILES string of the molecule is CC(C)N(C1CCOC1)S(=O)(=O)N1C[C@H](CCCB(O)O)[C@@](C)(N)C1. The van der Waals surface area contributed by atoms with Gasteiger partial charge in [0.1, 0.15) is 0 Å². The van der Waals surface area contributed by atoms with E-state index in [1.165, 1.54) is 4.31 Å². The Bertz CT molecular complexity index is 537. The molecule has 0 radical (unpaired) electrons. The maximum absolute atomic E-state index is 13.2. The van der Waals surface area contributed by atoms with Crippen LogP contribution in [0.15, 0.2) is 0 Å². The monoisotopic (exact) mass is 377 g/mol. The van der Waals surface area contributed by atoms with E-state index in [1.54, 1.807) is 4.31 Å². The third-order valence-electron chi connectivity index (χ3n) is 5.26. The van der Waals surface area contributed by atoms with E-state index < -0.39 is 22.9 Å². The fraction of sp³-hybridized carbons (Fsp3) is 1.00. The fourth-order valence-electron chi connectivity index (χ4n) is 3.90. The quantitative estimate of drug-likeness (QED) is 0.497. The van der Waals surface area contributed by atoms with Gasteiger partial charge in [0.05, 0.1) is 12.6 Å². The maximum atomic E-state index is 13.2. The molecule has 0 aromatic rings. The van der Waals surface area contributed by atoms with Crippen molar-refractivity contribution in [3.63, 3.8) is 0 Å². The largest absolute Gasteiger partial charge is 0.451 e. The standard InChI is InChI=1S/C15H32BN3O5S/c1-12(2)19(14-6-8-24-10-14)25(22,23)18-9-13(15(3,17)11-18)5-4-7-16(20)21/h12-14,20-21H,4-11,17H2,1-3H3/t13-,14?,15-/m0/s1. The molecule has 0 saturated carbocycles. The molecule has 2 fully saturated rings. The predicted octanol–water partition coefficient (Wildman–Crippen LogP) is -0.367. The number of rotatable bonds is 8. The van der Waals surface area contributed by atoms with Crippen LogP contribution in [0.3, 0.4) is 0 Å². The number of hydrogen-bond acceptors (Lipinski definition) is 6. The molecular formula is C15H32BN3O5S. The normalized spacial score (nSPS) is 31.4. The summed E-state index contributed by atoms with van der Waals surface area (Å²) in [4.78, 5) is 0. The lowest BCUT2D eigenvalue weighted by atomic mass is 9.79. The molecule has 0 bridgehead atoms. The minimum Gasteiger partial charge on any atom is -0.427 e. The molecule has 8 nitrogen and oxygen atoms in total. The van der Waals surface area contributed by atoms with E-state index >= 15 is 0 Å². The summed E-state index contributed by atoms with van der Waals surface area (Å²) in [5.74, 6) is -0.00475. The van der Waals surface area contributed by atoms with Gasteiger partial charge in [0.25, 0.3) is 10.2 Å². The van der Waals surface area contributed by atoms with Crippen LogP contribution in [0, 0.1) is 5.92 Å². The van der Waals surface area contributed by atoms with Gasteiger partial charge in [-0.15, -0.1) is 0 Å². The summed E-state index contributed by atoms with van der Waals surface area (Å²) < 4.78 is 34.9. The van der Waals surface area contributed by atoms with Crippen molar-refractivity contribution in [2.45, 2.75) is 64.0 Å². The zero-order valence-electron chi connectivity index (χ0n) is 15.5. The van der Waals surface area contributed by atoms with E-state index in [9.17, 15) is 8.42 Å².